The van der Waals surface area contributed by atoms with Crippen LogP contribution in [0, 0.1) is 11.7 Å². The summed E-state index contributed by atoms with van der Waals surface area (Å²) in [7, 11) is 0. The molecule has 1 aromatic heterocycles. The number of nitrogens with zero attached hydrogens (tertiary/aromatic N) is 1. The van der Waals surface area contributed by atoms with Crippen LogP contribution >= 0.6 is 11.3 Å². The van der Waals surface area contributed by atoms with Crippen LogP contribution in [-0.4, -0.2) is 23.9 Å². The molecule has 122 valence electrons. The molecule has 0 unspecified atom stereocenters. The molecule has 1 aliphatic rings. The van der Waals surface area contributed by atoms with Crippen LogP contribution in [0.3, 0.4) is 0 Å². The van der Waals surface area contributed by atoms with E-state index in [4.69, 9.17) is 5.73 Å². The van der Waals surface area contributed by atoms with Gasteiger partial charge >= 0.3 is 0 Å². The Morgan fingerprint density at radius 1 is 1.35 bits per heavy atom. The van der Waals surface area contributed by atoms with Crippen molar-refractivity contribution in [2.24, 2.45) is 5.92 Å². The summed E-state index contributed by atoms with van der Waals surface area (Å²) < 4.78 is 13.7. The zero-order valence-corrected chi connectivity index (χ0v) is 13.8. The molecule has 0 saturated carbocycles. The number of nitrogen functional groups attached to an aromatic ring is 1. The van der Waals surface area contributed by atoms with Crippen molar-refractivity contribution in [1.82, 2.24) is 4.90 Å². The largest absolute Gasteiger partial charge is 0.397 e. The van der Waals surface area contributed by atoms with Crippen molar-refractivity contribution in [1.29, 1.82) is 0 Å². The van der Waals surface area contributed by atoms with Gasteiger partial charge in [-0.25, -0.2) is 4.39 Å². The Morgan fingerprint density at radius 2 is 2.17 bits per heavy atom. The Balaban J connectivity index is 1.59. The van der Waals surface area contributed by atoms with Crippen LogP contribution in [-0.2, 0) is 6.42 Å². The second kappa shape index (κ2) is 7.13. The van der Waals surface area contributed by atoms with Gasteiger partial charge in [0, 0.05) is 13.1 Å². The predicted molar refractivity (Wildman–Crippen MR) is 92.1 cm³/mol. The van der Waals surface area contributed by atoms with Gasteiger partial charge in [0.15, 0.2) is 0 Å². The van der Waals surface area contributed by atoms with Gasteiger partial charge in [-0.15, -0.1) is 11.3 Å². The van der Waals surface area contributed by atoms with Gasteiger partial charge in [0.25, 0.3) is 5.91 Å². The molecule has 1 aromatic carbocycles. The molecule has 1 fully saturated rings. The molecule has 23 heavy (non-hydrogen) atoms. The summed E-state index contributed by atoms with van der Waals surface area (Å²) in [6.45, 7) is 1.52. The number of amides is 1. The van der Waals surface area contributed by atoms with Crippen LogP contribution in [0.25, 0.3) is 0 Å². The van der Waals surface area contributed by atoms with E-state index >= 15 is 0 Å². The molecule has 2 heterocycles. The van der Waals surface area contributed by atoms with Gasteiger partial charge in [0.1, 0.15) is 10.7 Å². The fourth-order valence-corrected chi connectivity index (χ4v) is 3.97. The lowest BCUT2D eigenvalue weighted by molar-refractivity contribution is 0.0674. The van der Waals surface area contributed by atoms with E-state index in [1.807, 2.05) is 22.4 Å². The molecule has 2 aromatic rings. The third kappa shape index (κ3) is 3.72. The Kier molecular flexibility index (Phi) is 4.96. The van der Waals surface area contributed by atoms with Gasteiger partial charge in [-0.1, -0.05) is 18.2 Å². The first-order valence-corrected chi connectivity index (χ1v) is 8.88. The third-order valence-electron chi connectivity index (χ3n) is 4.48. The minimum Gasteiger partial charge on any atom is -0.397 e. The minimum absolute atomic E-state index is 0.0353. The molecule has 3 nitrogen and oxygen atoms in total. The highest BCUT2D eigenvalue weighted by atomic mass is 32.1. The number of carbonyl (C=O) groups excluding carboxylic acids is 1. The van der Waals surface area contributed by atoms with Crippen molar-refractivity contribution in [3.8, 4) is 0 Å². The van der Waals surface area contributed by atoms with E-state index in [-0.39, 0.29) is 11.7 Å². The Bertz CT molecular complexity index is 685. The van der Waals surface area contributed by atoms with Crippen molar-refractivity contribution in [2.75, 3.05) is 18.8 Å². The second-order valence-electron chi connectivity index (χ2n) is 6.09. The molecule has 3 rings (SSSR count). The molecule has 1 aliphatic heterocycles. The minimum atomic E-state index is -0.136. The smallest absolute Gasteiger partial charge is 0.266 e. The third-order valence-corrected chi connectivity index (χ3v) is 5.39. The molecule has 2 N–H and O–H groups in total. The van der Waals surface area contributed by atoms with Crippen LogP contribution < -0.4 is 5.73 Å². The SMILES string of the molecule is Nc1ccsc1C(=O)N1CCC[C@@H](CCc2ccccc2F)C1. The predicted octanol–water partition coefficient (Wildman–Crippen LogP) is 3.95. The summed E-state index contributed by atoms with van der Waals surface area (Å²) >= 11 is 1.40. The van der Waals surface area contributed by atoms with E-state index in [1.165, 1.54) is 17.4 Å². The molecule has 1 saturated heterocycles. The van der Waals surface area contributed by atoms with E-state index in [9.17, 15) is 9.18 Å². The Labute approximate surface area is 139 Å². The summed E-state index contributed by atoms with van der Waals surface area (Å²) in [5.74, 6) is 0.323. The Hall–Kier alpha value is -1.88. The number of likely N-dealkylation sites (tertiary alicyclic amines) is 1. The molecular formula is C18H21FN2OS. The molecule has 0 bridgehead atoms. The zero-order valence-electron chi connectivity index (χ0n) is 13.0. The zero-order chi connectivity index (χ0) is 16.2. The molecule has 5 heteroatoms. The normalized spacial score (nSPS) is 18.1. The highest BCUT2D eigenvalue weighted by Gasteiger charge is 2.26. The van der Waals surface area contributed by atoms with Crippen LogP contribution in [0.15, 0.2) is 35.7 Å². The maximum atomic E-state index is 13.7. The Morgan fingerprint density at radius 3 is 2.91 bits per heavy atom. The van der Waals surface area contributed by atoms with Crippen molar-refractivity contribution < 1.29 is 9.18 Å². The number of aryl methyl sites for hydroxylation is 1. The lowest BCUT2D eigenvalue weighted by Crippen LogP contribution is -2.40. The summed E-state index contributed by atoms with van der Waals surface area (Å²) in [4.78, 5) is 15.1. The molecule has 1 atom stereocenters. The number of hydrogen-bond donors (Lipinski definition) is 1. The highest BCUT2D eigenvalue weighted by Crippen LogP contribution is 2.26. The van der Waals surface area contributed by atoms with Gasteiger partial charge in [0.05, 0.1) is 5.69 Å². The molecule has 0 radical (unpaired) electrons. The summed E-state index contributed by atoms with van der Waals surface area (Å²) in [5, 5.41) is 1.85. The topological polar surface area (TPSA) is 46.3 Å². The maximum absolute atomic E-state index is 13.7. The van der Waals surface area contributed by atoms with Crippen LogP contribution in [0.2, 0.25) is 0 Å². The first kappa shape index (κ1) is 16.0. The number of benzene rings is 1. The van der Waals surface area contributed by atoms with Gasteiger partial charge in [-0.05, 0) is 54.7 Å². The average molecular weight is 332 g/mol. The first-order valence-electron chi connectivity index (χ1n) is 8.01. The van der Waals surface area contributed by atoms with Gasteiger partial charge < -0.3 is 10.6 Å². The lowest BCUT2D eigenvalue weighted by atomic mass is 9.91. The summed E-state index contributed by atoms with van der Waals surface area (Å²) in [5.41, 5.74) is 7.18. The van der Waals surface area contributed by atoms with Crippen molar-refractivity contribution >= 4 is 22.9 Å². The lowest BCUT2D eigenvalue weighted by Gasteiger charge is -2.32. The average Bonchev–Trinajstić information content (AvgIpc) is 3.00. The number of thiophene rings is 1. The maximum Gasteiger partial charge on any atom is 0.266 e. The highest BCUT2D eigenvalue weighted by molar-refractivity contribution is 7.12. The number of piperidine rings is 1. The number of hydrogen-bond acceptors (Lipinski definition) is 3. The van der Waals surface area contributed by atoms with Crippen molar-refractivity contribution in [3.05, 3.63) is 52.0 Å². The van der Waals surface area contributed by atoms with Gasteiger partial charge in [-0.2, -0.15) is 0 Å². The number of rotatable bonds is 4. The summed E-state index contributed by atoms with van der Waals surface area (Å²) in [6.07, 6.45) is 3.72. The van der Waals surface area contributed by atoms with E-state index in [2.05, 4.69) is 0 Å². The quantitative estimate of drug-likeness (QED) is 0.921. The number of anilines is 1. The van der Waals surface area contributed by atoms with E-state index in [0.29, 0.717) is 16.5 Å². The standard InChI is InChI=1S/C18H21FN2OS/c19-15-6-2-1-5-14(15)8-7-13-4-3-10-21(12-13)18(22)17-16(20)9-11-23-17/h1-2,5-6,9,11,13H,3-4,7-8,10,12,20H2/t13-/m0/s1. The monoisotopic (exact) mass is 332 g/mol. The van der Waals surface area contributed by atoms with Crippen LogP contribution in [0.4, 0.5) is 10.1 Å². The van der Waals surface area contributed by atoms with Crippen molar-refractivity contribution in [2.45, 2.75) is 25.7 Å². The molecular weight excluding hydrogens is 311 g/mol. The number of carbonyl (C=O) groups is 1. The van der Waals surface area contributed by atoms with Crippen molar-refractivity contribution in [3.63, 3.8) is 0 Å². The van der Waals surface area contributed by atoms with E-state index < -0.39 is 0 Å². The fraction of sp³-hybridized carbons (Fsp3) is 0.389. The van der Waals surface area contributed by atoms with Gasteiger partial charge in [-0.3, -0.25) is 4.79 Å². The van der Waals surface area contributed by atoms with Gasteiger partial charge in [0.2, 0.25) is 0 Å². The number of halogens is 1. The fourth-order valence-electron chi connectivity index (χ4n) is 3.18. The first-order chi connectivity index (χ1) is 11.1. The number of nitrogens with two attached hydrogens (primary N) is 1. The van der Waals surface area contributed by atoms with E-state index in [1.54, 1.807) is 12.1 Å². The van der Waals surface area contributed by atoms with E-state index in [0.717, 1.165) is 44.3 Å². The summed E-state index contributed by atoms with van der Waals surface area (Å²) in [6, 6.07) is 8.70. The molecule has 1 amide bonds. The van der Waals surface area contributed by atoms with Crippen LogP contribution in [0.5, 0.6) is 0 Å². The second-order valence-corrected chi connectivity index (χ2v) is 7.01. The van der Waals surface area contributed by atoms with Crippen LogP contribution in [0.1, 0.15) is 34.5 Å². The molecule has 0 spiro atoms. The molecule has 0 aliphatic carbocycles.